The average molecular weight is 625 g/mol. The number of fused-ring (bicyclic) bond motifs is 6. The Balaban J connectivity index is 1.57. The van der Waals surface area contributed by atoms with E-state index < -0.39 is 99.7 Å². The number of halogens is 3. The quantitative estimate of drug-likeness (QED) is 0.166. The number of aliphatic hydroxyl groups excluding tert-OH is 3. The number of carbonyl (C=O) groups excluding carboxylic acids is 3. The maximum absolute atomic E-state index is 14.1. The molecule has 0 radical (unpaired) electrons. The first kappa shape index (κ1) is 30.2. The van der Waals surface area contributed by atoms with E-state index in [-0.39, 0.29) is 42.1 Å². The third-order valence-electron chi connectivity index (χ3n) is 9.66. The first-order valence-corrected chi connectivity index (χ1v) is 14.1. The molecule has 1 aromatic carbocycles. The van der Waals surface area contributed by atoms with Crippen molar-refractivity contribution in [1.29, 1.82) is 0 Å². The summed E-state index contributed by atoms with van der Waals surface area (Å²) in [5.74, 6) is -10.0. The Morgan fingerprint density at radius 2 is 1.95 bits per heavy atom. The number of phenolic OH excluding ortho intramolecular Hbond substituents is 1. The van der Waals surface area contributed by atoms with E-state index in [1.807, 2.05) is 4.90 Å². The Hall–Kier alpha value is -3.86. The molecule has 238 valence electrons. The summed E-state index contributed by atoms with van der Waals surface area (Å²) >= 11 is 0. The molecule has 0 saturated carbocycles. The summed E-state index contributed by atoms with van der Waals surface area (Å²) in [7, 11) is 1.74. The molecular formula is C28H31F3N4O9. The van der Waals surface area contributed by atoms with Gasteiger partial charge in [0.2, 0.25) is 5.78 Å². The topological polar surface area (TPSA) is 215 Å². The van der Waals surface area contributed by atoms with Gasteiger partial charge < -0.3 is 46.6 Å². The van der Waals surface area contributed by atoms with Crippen LogP contribution in [0.15, 0.2) is 22.7 Å². The lowest BCUT2D eigenvalue weighted by Gasteiger charge is -2.49. The predicted octanol–water partition coefficient (Wildman–Crippen LogP) is 0.458. The Bertz CT molecular complexity index is 1560. The fraction of sp³-hybridized carbons (Fsp3) is 0.536. The van der Waals surface area contributed by atoms with E-state index in [2.05, 4.69) is 15.4 Å². The summed E-state index contributed by atoms with van der Waals surface area (Å²) in [6.07, 6.45) is -5.23. The second-order valence-corrected chi connectivity index (χ2v) is 11.9. The van der Waals surface area contributed by atoms with Gasteiger partial charge in [-0.1, -0.05) is 0 Å². The standard InChI is InChI=1S/C28H31F3N4O9/c1-35-4-2-9-8-34-18-15(19(9)35)23(44-28(29,30)31)11-6-10-7-12-17(33-3-5-36)22(39)16(26(32)42)25(41)27(12,43)24(40)13(10)20(37)14(11)21(18)38/h9-10,12,17,19,33-34,36,38-40,43H,2-8H2,1H3,(H2,32,42)/t9?,10-,12-,17-,19?,27-/m0/s1. The molecule has 13 nitrogen and oxygen atoms in total. The summed E-state index contributed by atoms with van der Waals surface area (Å²) < 4.78 is 46.4. The molecule has 0 aromatic heterocycles. The van der Waals surface area contributed by atoms with Crippen molar-refractivity contribution in [2.75, 3.05) is 38.6 Å². The Morgan fingerprint density at radius 1 is 1.25 bits per heavy atom. The Morgan fingerprint density at radius 3 is 2.59 bits per heavy atom. The van der Waals surface area contributed by atoms with Crippen molar-refractivity contribution in [1.82, 2.24) is 10.2 Å². The molecule has 5 aliphatic rings. The van der Waals surface area contributed by atoms with Crippen LogP contribution in [-0.2, 0) is 16.0 Å². The SMILES string of the molecule is CN1CCC2CNc3c(O)c4c(c(OC(F)(F)F)c3C21)C[C@H]1C[C@H]2[C@H](NCCO)C(O)=C(C(N)=O)C(=O)[C@@]2(O)C(O)=C1C4=O. The number of ether oxygens (including phenoxy) is 1. The normalized spacial score (nSPS) is 31.5. The molecule has 3 aliphatic carbocycles. The average Bonchev–Trinajstić information content (AvgIpc) is 3.32. The highest BCUT2D eigenvalue weighted by atomic mass is 19.4. The third kappa shape index (κ3) is 4.11. The van der Waals surface area contributed by atoms with Gasteiger partial charge in [0.05, 0.1) is 23.9 Å². The molecule has 9 N–H and O–H groups in total. The van der Waals surface area contributed by atoms with Crippen LogP contribution in [0, 0.1) is 17.8 Å². The number of allylic oxidation sites excluding steroid dienone is 1. The number of alkyl halides is 3. The van der Waals surface area contributed by atoms with Crippen LogP contribution in [0.5, 0.6) is 11.5 Å². The monoisotopic (exact) mass is 624 g/mol. The van der Waals surface area contributed by atoms with E-state index in [0.717, 1.165) is 0 Å². The molecule has 1 saturated heterocycles. The van der Waals surface area contributed by atoms with Crippen molar-refractivity contribution in [2.45, 2.75) is 43.3 Å². The van der Waals surface area contributed by atoms with Crippen LogP contribution in [-0.4, -0.2) is 99.2 Å². The van der Waals surface area contributed by atoms with Crippen LogP contribution in [0.1, 0.15) is 40.4 Å². The Labute approximate surface area is 247 Å². The van der Waals surface area contributed by atoms with Crippen LogP contribution >= 0.6 is 0 Å². The lowest BCUT2D eigenvalue weighted by Crippen LogP contribution is -2.64. The molecule has 0 bridgehead atoms. The minimum atomic E-state index is -5.17. The van der Waals surface area contributed by atoms with Crippen molar-refractivity contribution >= 4 is 23.2 Å². The van der Waals surface area contributed by atoms with Gasteiger partial charge in [0.25, 0.3) is 5.91 Å². The highest BCUT2D eigenvalue weighted by Gasteiger charge is 2.63. The molecule has 44 heavy (non-hydrogen) atoms. The number of primary amides is 1. The lowest BCUT2D eigenvalue weighted by atomic mass is 9.58. The van der Waals surface area contributed by atoms with Crippen LogP contribution < -0.4 is 21.1 Å². The number of nitrogens with one attached hydrogen (secondary N) is 2. The zero-order valence-corrected chi connectivity index (χ0v) is 23.4. The number of likely N-dealkylation sites (tertiary alicyclic amines) is 1. The number of Topliss-reactive ketones (excluding diaryl/α,β-unsaturated/α-hetero) is 2. The minimum absolute atomic E-state index is 0.0496. The van der Waals surface area contributed by atoms with Gasteiger partial charge in [-0.2, -0.15) is 0 Å². The largest absolute Gasteiger partial charge is 0.573 e. The van der Waals surface area contributed by atoms with Crippen LogP contribution in [0.25, 0.3) is 0 Å². The third-order valence-corrected chi connectivity index (χ3v) is 9.66. The zero-order chi connectivity index (χ0) is 32.0. The highest BCUT2D eigenvalue weighted by Crippen LogP contribution is 2.58. The summed E-state index contributed by atoms with van der Waals surface area (Å²) in [4.78, 5) is 41.5. The summed E-state index contributed by atoms with van der Waals surface area (Å²) in [5, 5.41) is 60.4. The fourth-order valence-corrected chi connectivity index (χ4v) is 7.88. The summed E-state index contributed by atoms with van der Waals surface area (Å²) in [6.45, 7) is 0.208. The van der Waals surface area contributed by atoms with Crippen LogP contribution in [0.2, 0.25) is 0 Å². The van der Waals surface area contributed by atoms with Crippen molar-refractivity contribution in [3.8, 4) is 11.5 Å². The first-order chi connectivity index (χ1) is 20.6. The maximum atomic E-state index is 14.1. The number of rotatable bonds is 5. The van der Waals surface area contributed by atoms with Gasteiger partial charge in [-0.25, -0.2) is 0 Å². The zero-order valence-electron chi connectivity index (χ0n) is 23.4. The number of benzene rings is 1. The van der Waals surface area contributed by atoms with E-state index in [9.17, 15) is 53.1 Å². The second kappa shape index (κ2) is 10.1. The molecule has 1 fully saturated rings. The molecular weight excluding hydrogens is 593 g/mol. The molecule has 2 unspecified atom stereocenters. The number of phenols is 1. The molecule has 6 rings (SSSR count). The number of aliphatic hydroxyl groups is 4. The van der Waals surface area contributed by atoms with E-state index in [1.165, 1.54) is 0 Å². The number of ketones is 2. The van der Waals surface area contributed by atoms with Gasteiger partial charge in [0.1, 0.15) is 22.8 Å². The number of amides is 1. The molecule has 2 heterocycles. The van der Waals surface area contributed by atoms with Crippen LogP contribution in [0.4, 0.5) is 18.9 Å². The minimum Gasteiger partial charge on any atom is -0.510 e. The second-order valence-electron chi connectivity index (χ2n) is 11.9. The molecule has 1 aromatic rings. The molecule has 16 heteroatoms. The molecule has 1 amide bonds. The first-order valence-electron chi connectivity index (χ1n) is 14.1. The van der Waals surface area contributed by atoms with E-state index in [1.54, 1.807) is 7.05 Å². The Kier molecular flexibility index (Phi) is 6.92. The van der Waals surface area contributed by atoms with Crippen molar-refractivity contribution < 1.29 is 57.8 Å². The number of carbonyl (C=O) groups is 3. The van der Waals surface area contributed by atoms with Crippen molar-refractivity contribution in [3.05, 3.63) is 39.4 Å². The predicted molar refractivity (Wildman–Crippen MR) is 144 cm³/mol. The van der Waals surface area contributed by atoms with Gasteiger partial charge in [0, 0.05) is 41.7 Å². The van der Waals surface area contributed by atoms with Gasteiger partial charge in [0.15, 0.2) is 17.1 Å². The van der Waals surface area contributed by atoms with Crippen molar-refractivity contribution in [3.63, 3.8) is 0 Å². The maximum Gasteiger partial charge on any atom is 0.573 e. The number of hydrogen-bond acceptors (Lipinski definition) is 12. The van der Waals surface area contributed by atoms with Gasteiger partial charge in [-0.05, 0) is 44.7 Å². The number of nitrogens with two attached hydrogens (primary N) is 1. The van der Waals surface area contributed by atoms with E-state index in [4.69, 9.17) is 5.73 Å². The molecule has 2 aliphatic heterocycles. The van der Waals surface area contributed by atoms with Crippen LogP contribution in [0.3, 0.4) is 0 Å². The van der Waals surface area contributed by atoms with E-state index in [0.29, 0.717) is 19.5 Å². The molecule has 6 atom stereocenters. The fourth-order valence-electron chi connectivity index (χ4n) is 7.88. The number of nitrogens with zero attached hydrogens (tertiary/aromatic N) is 1. The number of aromatic hydroxyl groups is 1. The molecule has 0 spiro atoms. The highest BCUT2D eigenvalue weighted by molar-refractivity contribution is 6.25. The number of anilines is 1. The van der Waals surface area contributed by atoms with Gasteiger partial charge in [-0.3, -0.25) is 19.3 Å². The lowest BCUT2D eigenvalue weighted by molar-refractivity contribution is -0.275. The number of hydrogen-bond donors (Lipinski definition) is 8. The van der Waals surface area contributed by atoms with Gasteiger partial charge >= 0.3 is 6.36 Å². The summed E-state index contributed by atoms with van der Waals surface area (Å²) in [5.41, 5.74) is -0.104. The van der Waals surface area contributed by atoms with Gasteiger partial charge in [-0.15, -0.1) is 13.2 Å². The smallest absolute Gasteiger partial charge is 0.510 e. The van der Waals surface area contributed by atoms with E-state index >= 15 is 0 Å². The van der Waals surface area contributed by atoms with Crippen molar-refractivity contribution in [2.24, 2.45) is 23.5 Å². The summed E-state index contributed by atoms with van der Waals surface area (Å²) in [6, 6.07) is -1.98.